The van der Waals surface area contributed by atoms with E-state index in [0.29, 0.717) is 12.4 Å². The summed E-state index contributed by atoms with van der Waals surface area (Å²) in [7, 11) is 3.57. The second kappa shape index (κ2) is 8.92. The van der Waals surface area contributed by atoms with Crippen LogP contribution in [0.15, 0.2) is 48.5 Å². The fourth-order valence-electron chi connectivity index (χ4n) is 3.29. The summed E-state index contributed by atoms with van der Waals surface area (Å²) in [5.41, 5.74) is 5.17. The van der Waals surface area contributed by atoms with Crippen LogP contribution in [-0.2, 0) is 11.3 Å². The lowest BCUT2D eigenvalue weighted by Crippen LogP contribution is -2.30. The number of aryl methyl sites for hydroxylation is 3. The summed E-state index contributed by atoms with van der Waals surface area (Å²) in [5.74, 6) is 1.41. The highest BCUT2D eigenvalue weighted by Gasteiger charge is 2.14. The summed E-state index contributed by atoms with van der Waals surface area (Å²) >= 11 is 0. The predicted octanol–water partition coefficient (Wildman–Crippen LogP) is 3.88. The van der Waals surface area contributed by atoms with Gasteiger partial charge in [-0.15, -0.1) is 0 Å². The summed E-state index contributed by atoms with van der Waals surface area (Å²) in [4.78, 5) is 14.6. The molecule has 6 nitrogen and oxygen atoms in total. The zero-order valence-corrected chi connectivity index (χ0v) is 17.7. The Hall–Kier alpha value is -3.12. The number of nitrogens with zero attached hydrogens (tertiary/aromatic N) is 3. The molecule has 1 heterocycles. The molecule has 0 unspecified atom stereocenters. The Kier molecular flexibility index (Phi) is 6.34. The van der Waals surface area contributed by atoms with Gasteiger partial charge in [0.15, 0.2) is 0 Å². The van der Waals surface area contributed by atoms with Crippen LogP contribution in [0.3, 0.4) is 0 Å². The first-order valence-electron chi connectivity index (χ1n) is 9.61. The SMILES string of the molecule is COc1cccc(CN(C)CC(=O)Nc2cc(C)nn2-c2cc(C)ccc2C)c1. The quantitative estimate of drug-likeness (QED) is 0.663. The lowest BCUT2D eigenvalue weighted by Gasteiger charge is -2.17. The van der Waals surface area contributed by atoms with E-state index < -0.39 is 0 Å². The van der Waals surface area contributed by atoms with E-state index in [-0.39, 0.29) is 12.5 Å². The lowest BCUT2D eigenvalue weighted by molar-refractivity contribution is -0.117. The maximum absolute atomic E-state index is 12.7. The van der Waals surface area contributed by atoms with Gasteiger partial charge in [-0.3, -0.25) is 9.69 Å². The van der Waals surface area contributed by atoms with Crippen LogP contribution in [0.1, 0.15) is 22.4 Å². The summed E-state index contributed by atoms with van der Waals surface area (Å²) in [5, 5.41) is 7.59. The molecule has 0 aliphatic rings. The van der Waals surface area contributed by atoms with Crippen molar-refractivity contribution in [3.63, 3.8) is 0 Å². The molecule has 3 rings (SSSR count). The van der Waals surface area contributed by atoms with Gasteiger partial charge in [-0.1, -0.05) is 24.3 Å². The third-order valence-corrected chi connectivity index (χ3v) is 4.69. The van der Waals surface area contributed by atoms with Crippen LogP contribution in [0.4, 0.5) is 5.82 Å². The van der Waals surface area contributed by atoms with Crippen molar-refractivity contribution in [3.05, 3.63) is 70.9 Å². The van der Waals surface area contributed by atoms with Crippen molar-refractivity contribution in [1.29, 1.82) is 0 Å². The molecule has 152 valence electrons. The number of rotatable bonds is 7. The molecule has 1 aromatic heterocycles. The van der Waals surface area contributed by atoms with Crippen LogP contribution in [-0.4, -0.2) is 41.3 Å². The highest BCUT2D eigenvalue weighted by molar-refractivity contribution is 5.91. The molecular weight excluding hydrogens is 364 g/mol. The number of carbonyl (C=O) groups excluding carboxylic acids is 1. The molecule has 0 radical (unpaired) electrons. The Morgan fingerprint density at radius 2 is 1.93 bits per heavy atom. The molecule has 29 heavy (non-hydrogen) atoms. The molecule has 2 aromatic carbocycles. The van der Waals surface area contributed by atoms with Gasteiger partial charge < -0.3 is 10.1 Å². The van der Waals surface area contributed by atoms with E-state index >= 15 is 0 Å². The molecule has 0 saturated carbocycles. The Balaban J connectivity index is 1.70. The van der Waals surface area contributed by atoms with Crippen LogP contribution in [0, 0.1) is 20.8 Å². The van der Waals surface area contributed by atoms with Gasteiger partial charge in [0.2, 0.25) is 5.91 Å². The molecule has 1 amide bonds. The van der Waals surface area contributed by atoms with E-state index in [4.69, 9.17) is 4.74 Å². The molecule has 0 aliphatic heterocycles. The summed E-state index contributed by atoms with van der Waals surface area (Å²) in [6, 6.07) is 16.0. The van der Waals surface area contributed by atoms with E-state index in [2.05, 4.69) is 28.6 Å². The Labute approximate surface area is 172 Å². The monoisotopic (exact) mass is 392 g/mol. The standard InChI is InChI=1S/C23H28N4O2/c1-16-9-10-17(2)21(11-16)27-22(12-18(3)25-27)24-23(28)15-26(4)14-19-7-6-8-20(13-19)29-5/h6-13H,14-15H2,1-5H3,(H,24,28). The van der Waals surface area contributed by atoms with Gasteiger partial charge in [-0.25, -0.2) is 4.68 Å². The number of hydrogen-bond donors (Lipinski definition) is 1. The Morgan fingerprint density at radius 3 is 2.69 bits per heavy atom. The largest absolute Gasteiger partial charge is 0.497 e. The van der Waals surface area contributed by atoms with Crippen molar-refractivity contribution in [1.82, 2.24) is 14.7 Å². The number of anilines is 1. The molecule has 3 aromatic rings. The van der Waals surface area contributed by atoms with Crippen molar-refractivity contribution in [2.24, 2.45) is 0 Å². The van der Waals surface area contributed by atoms with Gasteiger partial charge in [0.1, 0.15) is 11.6 Å². The van der Waals surface area contributed by atoms with Gasteiger partial charge in [-0.2, -0.15) is 5.10 Å². The predicted molar refractivity (Wildman–Crippen MR) is 116 cm³/mol. The van der Waals surface area contributed by atoms with Crippen LogP contribution in [0.5, 0.6) is 5.75 Å². The topological polar surface area (TPSA) is 59.4 Å². The summed E-state index contributed by atoms with van der Waals surface area (Å²) in [6.07, 6.45) is 0. The Bertz CT molecular complexity index is 1010. The number of methoxy groups -OCH3 is 1. The molecule has 0 atom stereocenters. The van der Waals surface area contributed by atoms with Crippen molar-refractivity contribution in [3.8, 4) is 11.4 Å². The van der Waals surface area contributed by atoms with Gasteiger partial charge in [0.05, 0.1) is 25.0 Å². The minimum Gasteiger partial charge on any atom is -0.497 e. The van der Waals surface area contributed by atoms with Gasteiger partial charge in [-0.05, 0) is 62.7 Å². The van der Waals surface area contributed by atoms with E-state index in [0.717, 1.165) is 33.8 Å². The third kappa shape index (κ3) is 5.23. The molecular formula is C23H28N4O2. The second-order valence-electron chi connectivity index (χ2n) is 7.44. The molecule has 6 heteroatoms. The van der Waals surface area contributed by atoms with Crippen molar-refractivity contribution in [2.75, 3.05) is 26.0 Å². The van der Waals surface area contributed by atoms with E-state index in [9.17, 15) is 4.79 Å². The van der Waals surface area contributed by atoms with Crippen molar-refractivity contribution >= 4 is 11.7 Å². The number of benzene rings is 2. The maximum Gasteiger partial charge on any atom is 0.239 e. The first-order valence-corrected chi connectivity index (χ1v) is 9.61. The van der Waals surface area contributed by atoms with Crippen molar-refractivity contribution < 1.29 is 9.53 Å². The van der Waals surface area contributed by atoms with Crippen LogP contribution in [0.25, 0.3) is 5.69 Å². The average molecular weight is 393 g/mol. The zero-order chi connectivity index (χ0) is 21.0. The Morgan fingerprint density at radius 1 is 1.14 bits per heavy atom. The molecule has 0 aliphatic carbocycles. The average Bonchev–Trinajstić information content (AvgIpc) is 3.03. The second-order valence-corrected chi connectivity index (χ2v) is 7.44. The molecule has 0 bridgehead atoms. The zero-order valence-electron chi connectivity index (χ0n) is 17.7. The highest BCUT2D eigenvalue weighted by atomic mass is 16.5. The molecule has 1 N–H and O–H groups in total. The number of likely N-dealkylation sites (N-methyl/N-ethyl adjacent to an activating group) is 1. The number of carbonyl (C=O) groups is 1. The molecule has 0 fully saturated rings. The first kappa shape index (κ1) is 20.6. The molecule has 0 spiro atoms. The summed E-state index contributed by atoms with van der Waals surface area (Å²) in [6.45, 7) is 6.94. The third-order valence-electron chi connectivity index (χ3n) is 4.69. The van der Waals surface area contributed by atoms with E-state index in [1.54, 1.807) is 11.8 Å². The number of ether oxygens (including phenoxy) is 1. The van der Waals surface area contributed by atoms with E-state index in [1.807, 2.05) is 63.1 Å². The lowest BCUT2D eigenvalue weighted by atomic mass is 10.1. The first-order chi connectivity index (χ1) is 13.9. The smallest absolute Gasteiger partial charge is 0.239 e. The maximum atomic E-state index is 12.7. The van der Waals surface area contributed by atoms with Crippen LogP contribution < -0.4 is 10.1 Å². The van der Waals surface area contributed by atoms with Crippen LogP contribution >= 0.6 is 0 Å². The highest BCUT2D eigenvalue weighted by Crippen LogP contribution is 2.21. The number of amides is 1. The number of nitrogens with one attached hydrogen (secondary N) is 1. The molecule has 0 saturated heterocycles. The fraction of sp³-hybridized carbons (Fsp3) is 0.304. The normalized spacial score (nSPS) is 11.0. The minimum atomic E-state index is -0.0816. The van der Waals surface area contributed by atoms with Gasteiger partial charge in [0.25, 0.3) is 0 Å². The van der Waals surface area contributed by atoms with Gasteiger partial charge in [0, 0.05) is 12.6 Å². The number of aromatic nitrogens is 2. The summed E-state index contributed by atoms with van der Waals surface area (Å²) < 4.78 is 7.07. The minimum absolute atomic E-state index is 0.0816. The van der Waals surface area contributed by atoms with Crippen LogP contribution in [0.2, 0.25) is 0 Å². The van der Waals surface area contributed by atoms with Gasteiger partial charge >= 0.3 is 0 Å². The van der Waals surface area contributed by atoms with E-state index in [1.165, 1.54) is 0 Å². The number of hydrogen-bond acceptors (Lipinski definition) is 4. The van der Waals surface area contributed by atoms with Crippen molar-refractivity contribution in [2.45, 2.75) is 27.3 Å². The fourth-order valence-corrected chi connectivity index (χ4v) is 3.29.